The number of halogens is 3. The van der Waals surface area contributed by atoms with Crippen LogP contribution in [0.3, 0.4) is 0 Å². The summed E-state index contributed by atoms with van der Waals surface area (Å²) in [6.07, 6.45) is 0.460. The Labute approximate surface area is 188 Å². The standard InChI is InChI=1S/C22H23F3N4O3S/c1-33(31,32)17-11-5-14(6-12-17)21(30)27-16-9-7-15(8-10-16)26-19-3-2-4-20-28-18(13-29(19)20)22(23,24)25/h2-6,11-13,15-16,26H,7-10H2,1H3,(H,27,30)/t15-,16+. The van der Waals surface area contributed by atoms with Crippen LogP contribution in [-0.2, 0) is 16.0 Å². The molecule has 3 aromatic rings. The molecular weight excluding hydrogens is 457 g/mol. The third kappa shape index (κ3) is 5.29. The molecule has 0 unspecified atom stereocenters. The third-order valence-electron chi connectivity index (χ3n) is 5.74. The predicted octanol–water partition coefficient (Wildman–Crippen LogP) is 3.91. The number of alkyl halides is 3. The van der Waals surface area contributed by atoms with E-state index in [0.29, 0.717) is 24.2 Å². The van der Waals surface area contributed by atoms with Gasteiger partial charge in [-0.2, -0.15) is 13.2 Å². The van der Waals surface area contributed by atoms with Gasteiger partial charge in [-0.25, -0.2) is 13.4 Å². The summed E-state index contributed by atoms with van der Waals surface area (Å²) in [6.45, 7) is 0. The number of pyridine rings is 1. The Kier molecular flexibility index (Phi) is 6.08. The smallest absolute Gasteiger partial charge is 0.368 e. The van der Waals surface area contributed by atoms with Crippen molar-refractivity contribution in [1.82, 2.24) is 14.7 Å². The zero-order chi connectivity index (χ0) is 23.8. The number of aromatic nitrogens is 2. The molecule has 0 aliphatic heterocycles. The number of anilines is 1. The molecule has 2 N–H and O–H groups in total. The zero-order valence-electron chi connectivity index (χ0n) is 17.8. The van der Waals surface area contributed by atoms with Gasteiger partial charge in [0.1, 0.15) is 11.5 Å². The Hall–Kier alpha value is -3.08. The SMILES string of the molecule is CS(=O)(=O)c1ccc(C(=O)N[C@H]2CC[C@@H](Nc3cccc4nc(C(F)(F)F)cn34)CC2)cc1. The minimum atomic E-state index is -4.51. The molecule has 2 heterocycles. The lowest BCUT2D eigenvalue weighted by molar-refractivity contribution is -0.140. The molecule has 1 aliphatic rings. The number of nitrogens with one attached hydrogen (secondary N) is 2. The Balaban J connectivity index is 1.35. The highest BCUT2D eigenvalue weighted by Gasteiger charge is 2.34. The van der Waals surface area contributed by atoms with Gasteiger partial charge in [0.15, 0.2) is 15.5 Å². The first-order valence-electron chi connectivity index (χ1n) is 10.4. The number of carbonyl (C=O) groups is 1. The summed E-state index contributed by atoms with van der Waals surface area (Å²) in [5.74, 6) is 0.267. The van der Waals surface area contributed by atoms with Crippen molar-refractivity contribution in [3.8, 4) is 0 Å². The minimum absolute atomic E-state index is 0.0361. The number of imidazole rings is 1. The van der Waals surface area contributed by atoms with Crippen LogP contribution in [0.5, 0.6) is 0 Å². The van der Waals surface area contributed by atoms with E-state index in [1.165, 1.54) is 34.7 Å². The number of rotatable bonds is 5. The molecule has 0 bridgehead atoms. The number of benzene rings is 1. The molecule has 0 atom stereocenters. The number of fused-ring (bicyclic) bond motifs is 1. The number of nitrogens with zero attached hydrogens (tertiary/aromatic N) is 2. The number of sulfone groups is 1. The van der Waals surface area contributed by atoms with Crippen LogP contribution in [0.15, 0.2) is 53.6 Å². The van der Waals surface area contributed by atoms with Crippen molar-refractivity contribution >= 4 is 27.2 Å². The predicted molar refractivity (Wildman–Crippen MR) is 117 cm³/mol. The lowest BCUT2D eigenvalue weighted by atomic mass is 9.91. The highest BCUT2D eigenvalue weighted by Crippen LogP contribution is 2.30. The van der Waals surface area contributed by atoms with E-state index >= 15 is 0 Å². The van der Waals surface area contributed by atoms with Gasteiger partial charge in [0.25, 0.3) is 5.91 Å². The van der Waals surface area contributed by atoms with E-state index in [-0.39, 0.29) is 28.5 Å². The van der Waals surface area contributed by atoms with Crippen molar-refractivity contribution in [1.29, 1.82) is 0 Å². The van der Waals surface area contributed by atoms with Gasteiger partial charge < -0.3 is 10.6 Å². The average Bonchev–Trinajstić information content (AvgIpc) is 3.21. The number of amides is 1. The summed E-state index contributed by atoms with van der Waals surface area (Å²) in [7, 11) is -3.32. The molecule has 1 amide bonds. The van der Waals surface area contributed by atoms with Crippen molar-refractivity contribution in [2.75, 3.05) is 11.6 Å². The second kappa shape index (κ2) is 8.69. The molecule has 7 nitrogen and oxygen atoms in total. The Morgan fingerprint density at radius 1 is 1.03 bits per heavy atom. The molecule has 4 rings (SSSR count). The summed E-state index contributed by atoms with van der Waals surface area (Å²) < 4.78 is 63.5. The van der Waals surface area contributed by atoms with E-state index in [4.69, 9.17) is 0 Å². The first-order valence-corrected chi connectivity index (χ1v) is 12.3. The van der Waals surface area contributed by atoms with Crippen LogP contribution in [0.1, 0.15) is 41.7 Å². The van der Waals surface area contributed by atoms with Crippen LogP contribution in [0, 0.1) is 0 Å². The van der Waals surface area contributed by atoms with Crippen molar-refractivity contribution in [2.24, 2.45) is 0 Å². The highest BCUT2D eigenvalue weighted by atomic mass is 32.2. The van der Waals surface area contributed by atoms with Gasteiger partial charge in [-0.05, 0) is 62.1 Å². The van der Waals surface area contributed by atoms with Crippen LogP contribution in [0.2, 0.25) is 0 Å². The number of hydrogen-bond donors (Lipinski definition) is 2. The maximum absolute atomic E-state index is 13.0. The molecule has 2 aromatic heterocycles. The van der Waals surface area contributed by atoms with Gasteiger partial charge in [0.2, 0.25) is 0 Å². The number of hydrogen-bond acceptors (Lipinski definition) is 5. The Morgan fingerprint density at radius 2 is 1.67 bits per heavy atom. The molecule has 1 fully saturated rings. The Bertz CT molecular complexity index is 1260. The van der Waals surface area contributed by atoms with Crippen LogP contribution in [0.25, 0.3) is 5.65 Å². The number of carbonyl (C=O) groups excluding carboxylic acids is 1. The lowest BCUT2D eigenvalue weighted by Crippen LogP contribution is -2.40. The zero-order valence-corrected chi connectivity index (χ0v) is 18.6. The summed E-state index contributed by atoms with van der Waals surface area (Å²) in [4.78, 5) is 16.3. The fourth-order valence-corrected chi connectivity index (χ4v) is 4.61. The van der Waals surface area contributed by atoms with E-state index in [2.05, 4.69) is 15.6 Å². The van der Waals surface area contributed by atoms with Gasteiger partial charge in [-0.3, -0.25) is 9.20 Å². The second-order valence-electron chi connectivity index (χ2n) is 8.23. The summed E-state index contributed by atoms with van der Waals surface area (Å²) in [5, 5.41) is 6.27. The van der Waals surface area contributed by atoms with Gasteiger partial charge in [0, 0.05) is 30.1 Å². The first kappa shape index (κ1) is 23.1. The van der Waals surface area contributed by atoms with Crippen molar-refractivity contribution in [3.63, 3.8) is 0 Å². The van der Waals surface area contributed by atoms with E-state index in [1.807, 2.05) is 0 Å². The van der Waals surface area contributed by atoms with Crippen molar-refractivity contribution in [2.45, 2.75) is 48.8 Å². The van der Waals surface area contributed by atoms with E-state index in [9.17, 15) is 26.4 Å². The molecule has 0 saturated heterocycles. The average molecular weight is 481 g/mol. The fourth-order valence-electron chi connectivity index (χ4n) is 3.98. The molecule has 1 aromatic carbocycles. The molecular formula is C22H23F3N4O3S. The quantitative estimate of drug-likeness (QED) is 0.578. The molecule has 1 saturated carbocycles. The van der Waals surface area contributed by atoms with Crippen LogP contribution in [-0.4, -0.2) is 42.0 Å². The van der Waals surface area contributed by atoms with Crippen molar-refractivity contribution in [3.05, 3.63) is 59.9 Å². The molecule has 33 heavy (non-hydrogen) atoms. The lowest BCUT2D eigenvalue weighted by Gasteiger charge is -2.30. The van der Waals surface area contributed by atoms with Gasteiger partial charge >= 0.3 is 6.18 Å². The fraction of sp³-hybridized carbons (Fsp3) is 0.364. The second-order valence-corrected chi connectivity index (χ2v) is 10.2. The van der Waals surface area contributed by atoms with E-state index in [1.54, 1.807) is 12.1 Å². The van der Waals surface area contributed by atoms with Crippen molar-refractivity contribution < 1.29 is 26.4 Å². The van der Waals surface area contributed by atoms with Gasteiger partial charge in [0.05, 0.1) is 4.90 Å². The first-order chi connectivity index (χ1) is 15.5. The van der Waals surface area contributed by atoms with Gasteiger partial charge in [-0.15, -0.1) is 0 Å². The monoisotopic (exact) mass is 480 g/mol. The summed E-state index contributed by atoms with van der Waals surface area (Å²) >= 11 is 0. The minimum Gasteiger partial charge on any atom is -0.368 e. The summed E-state index contributed by atoms with van der Waals surface area (Å²) in [5.41, 5.74) is -0.335. The normalized spacial score (nSPS) is 19.4. The largest absolute Gasteiger partial charge is 0.434 e. The van der Waals surface area contributed by atoms with E-state index in [0.717, 1.165) is 25.3 Å². The van der Waals surface area contributed by atoms with Crippen LogP contribution in [0.4, 0.5) is 19.0 Å². The molecule has 1 aliphatic carbocycles. The topological polar surface area (TPSA) is 92.6 Å². The summed E-state index contributed by atoms with van der Waals surface area (Å²) in [6, 6.07) is 10.7. The molecule has 176 valence electrons. The maximum atomic E-state index is 13.0. The van der Waals surface area contributed by atoms with Crippen LogP contribution < -0.4 is 10.6 Å². The third-order valence-corrected chi connectivity index (χ3v) is 6.87. The highest BCUT2D eigenvalue weighted by molar-refractivity contribution is 7.90. The molecule has 0 spiro atoms. The van der Waals surface area contributed by atoms with E-state index < -0.39 is 21.7 Å². The Morgan fingerprint density at radius 3 is 2.27 bits per heavy atom. The maximum Gasteiger partial charge on any atom is 0.434 e. The van der Waals surface area contributed by atoms with Crippen LogP contribution >= 0.6 is 0 Å². The molecule has 0 radical (unpaired) electrons. The van der Waals surface area contributed by atoms with Gasteiger partial charge in [-0.1, -0.05) is 6.07 Å². The molecule has 11 heteroatoms.